The molecule has 4 rings (SSSR count). The summed E-state index contributed by atoms with van der Waals surface area (Å²) in [5, 5.41) is 10.5. The molecule has 10 heteroatoms. The molecule has 0 radical (unpaired) electrons. The number of fused-ring (bicyclic) bond motifs is 1. The Balaban J connectivity index is 1.60. The molecule has 8 nitrogen and oxygen atoms in total. The smallest absolute Gasteiger partial charge is 0.349 e. The predicted octanol–water partition coefficient (Wildman–Crippen LogP) is 5.21. The van der Waals surface area contributed by atoms with Gasteiger partial charge in [-0.2, -0.15) is 5.26 Å². The second-order valence-corrected chi connectivity index (χ2v) is 8.39. The highest BCUT2D eigenvalue weighted by molar-refractivity contribution is 6.35. The molecule has 0 spiro atoms. The largest absolute Gasteiger partial charge is 0.493 e. The van der Waals surface area contributed by atoms with E-state index in [-0.39, 0.29) is 28.8 Å². The molecule has 0 amide bonds. The molecule has 1 unspecified atom stereocenters. The summed E-state index contributed by atoms with van der Waals surface area (Å²) in [6.45, 7) is -0.385. The minimum Gasteiger partial charge on any atom is -0.493 e. The van der Waals surface area contributed by atoms with E-state index in [4.69, 9.17) is 52.6 Å². The van der Waals surface area contributed by atoms with Gasteiger partial charge < -0.3 is 29.4 Å². The van der Waals surface area contributed by atoms with Crippen LogP contribution in [-0.2, 0) is 4.79 Å². The molecule has 1 aliphatic rings. The third-order valence-corrected chi connectivity index (χ3v) is 5.94. The second kappa shape index (κ2) is 10.7. The van der Waals surface area contributed by atoms with Gasteiger partial charge >= 0.3 is 5.97 Å². The van der Waals surface area contributed by atoms with Gasteiger partial charge in [0, 0.05) is 22.2 Å². The number of allylic oxidation sites excluding steroid dienone is 1. The Bertz CT molecular complexity index is 1400. The van der Waals surface area contributed by atoms with Crippen molar-refractivity contribution in [2.24, 2.45) is 5.73 Å². The standard InChI is InChI=1S/C26H20Cl2N2O6/c1-32-21-5-3-4-17(25(21)33-2)24-16-8-7-15(11-22(16)36-26(30)18(24)12-29)35-23(31)13-34-20-9-6-14(27)10-19(20)28/h3-11,24H,13,30H2,1-2H3. The first-order valence-corrected chi connectivity index (χ1v) is 11.3. The lowest BCUT2D eigenvalue weighted by atomic mass is 9.83. The van der Waals surface area contributed by atoms with Crippen molar-refractivity contribution >= 4 is 29.2 Å². The average molecular weight is 527 g/mol. The number of nitrogens with zero attached hydrogens (tertiary/aromatic N) is 1. The zero-order valence-electron chi connectivity index (χ0n) is 19.2. The van der Waals surface area contributed by atoms with Crippen LogP contribution in [0.5, 0.6) is 28.7 Å². The molecule has 0 aliphatic carbocycles. The molecule has 1 heterocycles. The molecular weight excluding hydrogens is 507 g/mol. The van der Waals surface area contributed by atoms with Crippen molar-refractivity contribution in [3.05, 3.63) is 87.2 Å². The summed E-state index contributed by atoms with van der Waals surface area (Å²) in [7, 11) is 3.04. The first kappa shape index (κ1) is 25.0. The van der Waals surface area contributed by atoms with Gasteiger partial charge in [-0.15, -0.1) is 0 Å². The van der Waals surface area contributed by atoms with Crippen LogP contribution in [0.2, 0.25) is 10.0 Å². The summed E-state index contributed by atoms with van der Waals surface area (Å²) in [5.41, 5.74) is 7.61. The molecule has 36 heavy (non-hydrogen) atoms. The van der Waals surface area contributed by atoms with Gasteiger partial charge in [0.05, 0.1) is 25.2 Å². The van der Waals surface area contributed by atoms with Crippen molar-refractivity contribution in [3.63, 3.8) is 0 Å². The van der Waals surface area contributed by atoms with Gasteiger partial charge in [-0.3, -0.25) is 0 Å². The average Bonchev–Trinajstić information content (AvgIpc) is 2.86. The lowest BCUT2D eigenvalue weighted by molar-refractivity contribution is -0.136. The third-order valence-electron chi connectivity index (χ3n) is 5.41. The van der Waals surface area contributed by atoms with E-state index in [1.54, 1.807) is 36.4 Å². The zero-order valence-corrected chi connectivity index (χ0v) is 20.7. The summed E-state index contributed by atoms with van der Waals surface area (Å²) >= 11 is 11.9. The van der Waals surface area contributed by atoms with E-state index in [2.05, 4.69) is 6.07 Å². The van der Waals surface area contributed by atoms with Crippen LogP contribution in [0, 0.1) is 11.3 Å². The summed E-state index contributed by atoms with van der Waals surface area (Å²) in [6, 6.07) is 17.0. The first-order chi connectivity index (χ1) is 17.4. The Morgan fingerprint density at radius 1 is 1.06 bits per heavy atom. The monoisotopic (exact) mass is 526 g/mol. The fourth-order valence-electron chi connectivity index (χ4n) is 3.85. The van der Waals surface area contributed by atoms with Crippen molar-refractivity contribution in [2.45, 2.75) is 5.92 Å². The molecule has 3 aromatic carbocycles. The summed E-state index contributed by atoms with van der Waals surface area (Å²) in [6.07, 6.45) is 0. The van der Waals surface area contributed by atoms with Crippen LogP contribution in [0.25, 0.3) is 0 Å². The highest BCUT2D eigenvalue weighted by Gasteiger charge is 2.33. The lowest BCUT2D eigenvalue weighted by Gasteiger charge is -2.28. The zero-order chi connectivity index (χ0) is 25.8. The van der Waals surface area contributed by atoms with Gasteiger partial charge in [-0.1, -0.05) is 41.4 Å². The number of rotatable bonds is 7. The number of para-hydroxylation sites is 1. The maximum atomic E-state index is 12.4. The second-order valence-electron chi connectivity index (χ2n) is 7.54. The highest BCUT2D eigenvalue weighted by Crippen LogP contribution is 2.47. The predicted molar refractivity (Wildman–Crippen MR) is 133 cm³/mol. The summed E-state index contributed by atoms with van der Waals surface area (Å²) < 4.78 is 27.5. The van der Waals surface area contributed by atoms with Crippen molar-refractivity contribution in [1.82, 2.24) is 0 Å². The van der Waals surface area contributed by atoms with Crippen molar-refractivity contribution in [3.8, 4) is 34.8 Å². The topological polar surface area (TPSA) is 113 Å². The van der Waals surface area contributed by atoms with Crippen molar-refractivity contribution in [2.75, 3.05) is 20.8 Å². The molecule has 1 atom stereocenters. The van der Waals surface area contributed by atoms with E-state index in [1.807, 2.05) is 6.07 Å². The van der Waals surface area contributed by atoms with Crippen LogP contribution >= 0.6 is 23.2 Å². The number of nitriles is 1. The fraction of sp³-hybridized carbons (Fsp3) is 0.154. The molecule has 2 N–H and O–H groups in total. The number of hydrogen-bond donors (Lipinski definition) is 1. The Kier molecular flexibility index (Phi) is 7.44. The number of esters is 1. The van der Waals surface area contributed by atoms with Gasteiger partial charge in [0.15, 0.2) is 18.1 Å². The van der Waals surface area contributed by atoms with Crippen LogP contribution < -0.4 is 29.4 Å². The summed E-state index contributed by atoms with van der Waals surface area (Å²) in [4.78, 5) is 12.4. The maximum Gasteiger partial charge on any atom is 0.349 e. The van der Waals surface area contributed by atoms with E-state index in [0.717, 1.165) is 0 Å². The SMILES string of the molecule is COc1cccc(C2C(C#N)=C(N)Oc3cc(OC(=O)COc4ccc(Cl)cc4Cl)ccc32)c1OC. The molecule has 0 bridgehead atoms. The van der Waals surface area contributed by atoms with E-state index < -0.39 is 11.9 Å². The first-order valence-electron chi connectivity index (χ1n) is 10.6. The lowest BCUT2D eigenvalue weighted by Crippen LogP contribution is -2.22. The number of ether oxygens (including phenoxy) is 5. The van der Waals surface area contributed by atoms with Crippen LogP contribution in [0.3, 0.4) is 0 Å². The van der Waals surface area contributed by atoms with E-state index in [1.165, 1.54) is 26.4 Å². The molecule has 0 aromatic heterocycles. The molecule has 0 saturated heterocycles. The van der Waals surface area contributed by atoms with Gasteiger partial charge in [0.2, 0.25) is 5.88 Å². The fourth-order valence-corrected chi connectivity index (χ4v) is 4.31. The number of carbonyl (C=O) groups excluding carboxylic acids is 1. The van der Waals surface area contributed by atoms with Gasteiger partial charge in [-0.05, 0) is 30.3 Å². The number of nitrogens with two attached hydrogens (primary N) is 1. The molecule has 0 fully saturated rings. The number of methoxy groups -OCH3 is 2. The Hall–Kier alpha value is -4.06. The number of carbonyl (C=O) groups is 1. The van der Waals surface area contributed by atoms with E-state index >= 15 is 0 Å². The van der Waals surface area contributed by atoms with E-state index in [9.17, 15) is 10.1 Å². The normalized spacial score (nSPS) is 14.2. The van der Waals surface area contributed by atoms with Crippen LogP contribution in [-0.4, -0.2) is 26.8 Å². The molecular formula is C26H20Cl2N2O6. The van der Waals surface area contributed by atoms with Crippen molar-refractivity contribution < 1.29 is 28.5 Å². The number of halogens is 2. The Morgan fingerprint density at radius 3 is 2.56 bits per heavy atom. The minimum absolute atomic E-state index is 0.0657. The van der Waals surface area contributed by atoms with Crippen LogP contribution in [0.15, 0.2) is 66.1 Å². The maximum absolute atomic E-state index is 12.4. The molecule has 3 aromatic rings. The minimum atomic E-state index is -0.663. The third kappa shape index (κ3) is 4.98. The van der Waals surface area contributed by atoms with Crippen LogP contribution in [0.4, 0.5) is 0 Å². The number of hydrogen-bond acceptors (Lipinski definition) is 8. The quantitative estimate of drug-likeness (QED) is 0.329. The Morgan fingerprint density at radius 2 is 1.86 bits per heavy atom. The molecule has 184 valence electrons. The van der Waals surface area contributed by atoms with Gasteiger partial charge in [0.1, 0.15) is 28.9 Å². The van der Waals surface area contributed by atoms with Crippen molar-refractivity contribution in [1.29, 1.82) is 5.26 Å². The molecule has 0 saturated carbocycles. The highest BCUT2D eigenvalue weighted by atomic mass is 35.5. The van der Waals surface area contributed by atoms with Crippen LogP contribution in [0.1, 0.15) is 17.0 Å². The summed E-state index contributed by atoms with van der Waals surface area (Å²) in [5.74, 6) is 0.473. The number of benzene rings is 3. The van der Waals surface area contributed by atoms with E-state index in [0.29, 0.717) is 39.1 Å². The molecule has 1 aliphatic heterocycles. The van der Waals surface area contributed by atoms with Gasteiger partial charge in [0.25, 0.3) is 0 Å². The van der Waals surface area contributed by atoms with Gasteiger partial charge in [-0.25, -0.2) is 4.79 Å². The Labute approximate surface area is 217 Å².